The first kappa shape index (κ1) is 33.9. The van der Waals surface area contributed by atoms with Crippen molar-refractivity contribution in [3.05, 3.63) is 82.9 Å². The monoisotopic (exact) mass is 624 g/mol. The number of hydrogen-bond donors (Lipinski definition) is 4. The Bertz CT molecular complexity index is 1620. The first-order valence-corrected chi connectivity index (χ1v) is 15.5. The van der Waals surface area contributed by atoms with Gasteiger partial charge in [-0.15, -0.1) is 0 Å². The second-order valence-electron chi connectivity index (χ2n) is 10.9. The number of carbonyl (C=O) groups excluding carboxylic acids is 1. The van der Waals surface area contributed by atoms with Crippen LogP contribution in [0.3, 0.4) is 0 Å². The Kier molecular flexibility index (Phi) is 11.0. The van der Waals surface area contributed by atoms with E-state index in [1.165, 1.54) is 7.11 Å². The summed E-state index contributed by atoms with van der Waals surface area (Å²) in [5.74, 6) is -1.01. The summed E-state index contributed by atoms with van der Waals surface area (Å²) in [7, 11) is -2.52. The first-order chi connectivity index (χ1) is 20.7. The van der Waals surface area contributed by atoms with Crippen LogP contribution in [0, 0.1) is 20.8 Å². The summed E-state index contributed by atoms with van der Waals surface area (Å²) in [4.78, 5) is 28.6. The summed E-state index contributed by atoms with van der Waals surface area (Å²) in [5, 5.41) is 12.0. The number of nitrogens with two attached hydrogens (primary N) is 1. The van der Waals surface area contributed by atoms with Gasteiger partial charge in [0.2, 0.25) is 5.96 Å². The van der Waals surface area contributed by atoms with E-state index in [1.54, 1.807) is 40.7 Å². The predicted octanol–water partition coefficient (Wildman–Crippen LogP) is 4.78. The molecular weight excluding hydrogens is 584 g/mol. The maximum atomic E-state index is 13.0. The Labute approximate surface area is 258 Å². The van der Waals surface area contributed by atoms with Crippen LogP contribution in [0.5, 0.6) is 5.75 Å². The van der Waals surface area contributed by atoms with Crippen LogP contribution in [0.4, 0.5) is 4.79 Å². The number of carboxylic acids is 1. The highest BCUT2D eigenvalue weighted by Gasteiger charge is 2.28. The Hall–Kier alpha value is -4.58. The molecular formula is C32H40N4O7S. The Balaban J connectivity index is 1.56. The van der Waals surface area contributed by atoms with E-state index >= 15 is 0 Å². The van der Waals surface area contributed by atoms with Crippen molar-refractivity contribution in [1.29, 1.82) is 0 Å². The van der Waals surface area contributed by atoms with Crippen LogP contribution in [0.1, 0.15) is 48.9 Å². The van der Waals surface area contributed by atoms with Gasteiger partial charge in [-0.2, -0.15) is 0 Å². The molecule has 0 heterocycles. The van der Waals surface area contributed by atoms with Crippen molar-refractivity contribution in [2.24, 2.45) is 10.7 Å². The molecule has 0 spiro atoms. The Morgan fingerprint density at radius 1 is 1.00 bits per heavy atom. The maximum Gasteiger partial charge on any atom is 0.408 e. The van der Waals surface area contributed by atoms with Crippen molar-refractivity contribution in [3.63, 3.8) is 0 Å². The molecule has 44 heavy (non-hydrogen) atoms. The number of aliphatic imine (C=N–C) groups is 1. The molecule has 236 valence electrons. The zero-order valence-electron chi connectivity index (χ0n) is 25.8. The smallest absolute Gasteiger partial charge is 0.408 e. The lowest BCUT2D eigenvalue weighted by Gasteiger charge is -2.27. The second kappa shape index (κ2) is 14.3. The number of aliphatic carboxylic acids is 1. The fourth-order valence-corrected chi connectivity index (χ4v) is 6.26. The van der Waals surface area contributed by atoms with Crippen LogP contribution in [-0.4, -0.2) is 51.2 Å². The largest absolute Gasteiger partial charge is 0.496 e. The van der Waals surface area contributed by atoms with E-state index < -0.39 is 33.7 Å². The number of methoxy groups -OCH3 is 1. The number of sulfonamides is 1. The number of aryl methyl sites for hydroxylation is 1. The van der Waals surface area contributed by atoms with Gasteiger partial charge in [-0.25, -0.2) is 22.7 Å². The van der Waals surface area contributed by atoms with Crippen LogP contribution in [-0.2, 0) is 25.2 Å². The van der Waals surface area contributed by atoms with Crippen molar-refractivity contribution in [3.8, 4) is 16.9 Å². The van der Waals surface area contributed by atoms with Crippen LogP contribution in [0.15, 0.2) is 70.6 Å². The molecule has 0 fully saturated rings. The first-order valence-electron chi connectivity index (χ1n) is 14.0. The number of benzene rings is 3. The number of alkyl carbamates (subject to hydrolysis) is 1. The van der Waals surface area contributed by atoms with Gasteiger partial charge < -0.3 is 25.6 Å². The predicted molar refractivity (Wildman–Crippen MR) is 169 cm³/mol. The molecule has 0 aromatic heterocycles. The highest BCUT2D eigenvalue weighted by Crippen LogP contribution is 2.30. The third-order valence-electron chi connectivity index (χ3n) is 7.26. The third kappa shape index (κ3) is 8.50. The van der Waals surface area contributed by atoms with Gasteiger partial charge in [0.25, 0.3) is 10.0 Å². The summed E-state index contributed by atoms with van der Waals surface area (Å²) in [5.41, 5.74) is 9.32. The number of hydrogen-bond acceptors (Lipinski definition) is 7. The summed E-state index contributed by atoms with van der Waals surface area (Å²) in [6.07, 6.45) is -0.675. The SMILES string of the molecule is COc1cc(C)c(S(=O)(=O)NC(N)=NCCC[C@H](NC(=O)OC(C)(C)c2ccc(-c3ccccc3)cc2)C(=O)O)c(C)c1C. The maximum absolute atomic E-state index is 13.0. The molecule has 11 nitrogen and oxygen atoms in total. The molecule has 5 N–H and O–H groups in total. The number of rotatable bonds is 12. The van der Waals surface area contributed by atoms with Crippen molar-refractivity contribution in [2.45, 2.75) is 64.0 Å². The van der Waals surface area contributed by atoms with Gasteiger partial charge in [0.15, 0.2) is 0 Å². The van der Waals surface area contributed by atoms with Crippen LogP contribution >= 0.6 is 0 Å². The fourth-order valence-electron chi connectivity index (χ4n) is 4.78. The van der Waals surface area contributed by atoms with E-state index in [-0.39, 0.29) is 30.2 Å². The summed E-state index contributed by atoms with van der Waals surface area (Å²) < 4.78 is 39.2. The van der Waals surface area contributed by atoms with Gasteiger partial charge in [0.05, 0.1) is 12.0 Å². The molecule has 1 amide bonds. The van der Waals surface area contributed by atoms with Gasteiger partial charge in [-0.3, -0.25) is 4.99 Å². The van der Waals surface area contributed by atoms with Crippen LogP contribution < -0.4 is 20.5 Å². The van der Waals surface area contributed by atoms with Crippen molar-refractivity contribution >= 4 is 28.0 Å². The van der Waals surface area contributed by atoms with E-state index in [0.717, 1.165) is 16.7 Å². The van der Waals surface area contributed by atoms with E-state index in [0.29, 0.717) is 22.4 Å². The molecule has 3 rings (SSSR count). The van der Waals surface area contributed by atoms with Crippen LogP contribution in [0.25, 0.3) is 11.1 Å². The fraction of sp³-hybridized carbons (Fsp3) is 0.344. The standard InChI is InChI=1S/C32H40N4O7S/c1-20-19-27(42-6)21(2)22(3)28(20)44(40,41)36-30(33)34-18-10-13-26(29(37)38)35-31(39)43-32(4,5)25-16-14-24(15-17-25)23-11-8-7-9-12-23/h7-9,11-12,14-17,19,26H,10,13,18H2,1-6H3,(H,35,39)(H,37,38)(H3,33,34,36)/t26-/m0/s1. The Morgan fingerprint density at radius 3 is 2.20 bits per heavy atom. The van der Waals surface area contributed by atoms with Gasteiger partial charge >= 0.3 is 12.1 Å². The molecule has 0 radical (unpaired) electrons. The number of nitrogens with zero attached hydrogens (tertiary/aromatic N) is 1. The number of nitrogens with one attached hydrogen (secondary N) is 2. The lowest BCUT2D eigenvalue weighted by molar-refractivity contribution is -0.139. The molecule has 0 unspecified atom stereocenters. The molecule has 12 heteroatoms. The Morgan fingerprint density at radius 2 is 1.61 bits per heavy atom. The number of amides is 1. The molecule has 3 aromatic rings. The minimum absolute atomic E-state index is 0.00998. The van der Waals surface area contributed by atoms with E-state index in [9.17, 15) is 23.1 Å². The molecule has 0 aliphatic carbocycles. The number of carboxylic acid groups (broad SMARTS) is 1. The number of ether oxygens (including phenoxy) is 2. The van der Waals surface area contributed by atoms with Crippen LogP contribution in [0.2, 0.25) is 0 Å². The average Bonchev–Trinajstić information content (AvgIpc) is 2.96. The highest BCUT2D eigenvalue weighted by atomic mass is 32.2. The number of carbonyl (C=O) groups is 2. The topological polar surface area (TPSA) is 169 Å². The third-order valence-corrected chi connectivity index (χ3v) is 8.91. The van der Waals surface area contributed by atoms with Gasteiger partial charge in [0.1, 0.15) is 17.4 Å². The van der Waals surface area contributed by atoms with E-state index in [2.05, 4.69) is 15.0 Å². The zero-order valence-corrected chi connectivity index (χ0v) is 26.6. The summed E-state index contributed by atoms with van der Waals surface area (Å²) in [6.45, 7) is 8.55. The zero-order chi connectivity index (χ0) is 32.7. The quantitative estimate of drug-likeness (QED) is 0.127. The minimum atomic E-state index is -4.04. The van der Waals surface area contributed by atoms with Gasteiger partial charge in [-0.05, 0) is 86.9 Å². The lowest BCUT2D eigenvalue weighted by Crippen LogP contribution is -2.43. The van der Waals surface area contributed by atoms with Crippen molar-refractivity contribution < 1.29 is 32.6 Å². The molecule has 1 atom stereocenters. The molecule has 0 bridgehead atoms. The van der Waals surface area contributed by atoms with Crippen molar-refractivity contribution in [2.75, 3.05) is 13.7 Å². The minimum Gasteiger partial charge on any atom is -0.496 e. The highest BCUT2D eigenvalue weighted by molar-refractivity contribution is 7.90. The summed E-state index contributed by atoms with van der Waals surface area (Å²) >= 11 is 0. The second-order valence-corrected chi connectivity index (χ2v) is 12.5. The summed E-state index contributed by atoms with van der Waals surface area (Å²) in [6, 6.07) is 17.8. The lowest BCUT2D eigenvalue weighted by atomic mass is 9.95. The van der Waals surface area contributed by atoms with Gasteiger partial charge in [-0.1, -0.05) is 54.6 Å². The molecule has 3 aromatic carbocycles. The molecule has 0 saturated carbocycles. The molecule has 0 aliphatic heterocycles. The van der Waals surface area contributed by atoms with Gasteiger partial charge in [0, 0.05) is 6.54 Å². The van der Waals surface area contributed by atoms with E-state index in [4.69, 9.17) is 15.2 Å². The molecule has 0 saturated heterocycles. The normalized spacial score (nSPS) is 12.7. The molecule has 0 aliphatic rings. The number of guanidine groups is 1. The van der Waals surface area contributed by atoms with E-state index in [1.807, 2.05) is 54.6 Å². The van der Waals surface area contributed by atoms with Crippen molar-refractivity contribution in [1.82, 2.24) is 10.0 Å². The average molecular weight is 625 g/mol.